The molecular weight excluding hydrogens is 368 g/mol. The summed E-state index contributed by atoms with van der Waals surface area (Å²) in [5, 5.41) is 0. The predicted molar refractivity (Wildman–Crippen MR) is 118 cm³/mol. The summed E-state index contributed by atoms with van der Waals surface area (Å²) in [7, 11) is 0. The highest BCUT2D eigenvalue weighted by atomic mass is 16.6. The molecule has 29 heavy (non-hydrogen) atoms. The van der Waals surface area contributed by atoms with Crippen LogP contribution in [0, 0.1) is 22.7 Å². The lowest BCUT2D eigenvalue weighted by Gasteiger charge is -2.23. The lowest BCUT2D eigenvalue weighted by atomic mass is 9.84. The maximum atomic E-state index is 12.1. The average molecular weight is 415 g/mol. The molecule has 5 nitrogen and oxygen atoms in total. The van der Waals surface area contributed by atoms with Crippen molar-refractivity contribution in [1.82, 2.24) is 0 Å². The molecule has 0 radical (unpaired) electrons. The number of ether oxygens (including phenoxy) is 3. The smallest absolute Gasteiger partial charge is 0.306 e. The summed E-state index contributed by atoms with van der Waals surface area (Å²) in [5.74, 6) is 0.197. The van der Waals surface area contributed by atoms with E-state index in [0.717, 1.165) is 12.8 Å². The van der Waals surface area contributed by atoms with Crippen LogP contribution in [0.3, 0.4) is 0 Å². The second-order valence-electron chi connectivity index (χ2n) is 11.3. The van der Waals surface area contributed by atoms with Crippen molar-refractivity contribution in [2.24, 2.45) is 22.7 Å². The highest BCUT2D eigenvalue weighted by Gasteiger charge is 2.21. The fraction of sp³-hybridized carbons (Fsp3) is 0.917. The van der Waals surface area contributed by atoms with E-state index in [2.05, 4.69) is 55.4 Å². The van der Waals surface area contributed by atoms with Gasteiger partial charge in [0, 0.05) is 12.8 Å². The number of carbonyl (C=O) groups is 2. The van der Waals surface area contributed by atoms with Gasteiger partial charge in [-0.15, -0.1) is 0 Å². The number of esters is 2. The monoisotopic (exact) mass is 414 g/mol. The van der Waals surface area contributed by atoms with Gasteiger partial charge in [0.25, 0.3) is 0 Å². The normalized spacial score (nSPS) is 16.6. The summed E-state index contributed by atoms with van der Waals surface area (Å²) in [5.41, 5.74) is 0.403. The van der Waals surface area contributed by atoms with E-state index in [1.54, 1.807) is 0 Å². The lowest BCUT2D eigenvalue weighted by Crippen LogP contribution is -2.27. The van der Waals surface area contributed by atoms with Gasteiger partial charge in [-0.3, -0.25) is 9.59 Å². The quantitative estimate of drug-likeness (QED) is 0.378. The Hall–Kier alpha value is -1.10. The lowest BCUT2D eigenvalue weighted by molar-refractivity contribution is -0.155. The number of hydrogen-bond acceptors (Lipinski definition) is 5. The fourth-order valence-electron chi connectivity index (χ4n) is 3.73. The van der Waals surface area contributed by atoms with E-state index >= 15 is 0 Å². The van der Waals surface area contributed by atoms with Crippen molar-refractivity contribution in [3.63, 3.8) is 0 Å². The van der Waals surface area contributed by atoms with Crippen LogP contribution in [0.5, 0.6) is 0 Å². The van der Waals surface area contributed by atoms with Crippen LogP contribution >= 0.6 is 0 Å². The zero-order valence-electron chi connectivity index (χ0n) is 20.6. The zero-order chi connectivity index (χ0) is 22.8. The molecule has 0 heterocycles. The average Bonchev–Trinajstić information content (AvgIpc) is 2.46. The third-order valence-electron chi connectivity index (χ3n) is 4.38. The Balaban J connectivity index is 4.05. The van der Waals surface area contributed by atoms with E-state index in [1.807, 2.05) is 13.8 Å². The van der Waals surface area contributed by atoms with Crippen molar-refractivity contribution >= 4 is 11.9 Å². The first-order valence-electron chi connectivity index (χ1n) is 11.0. The van der Waals surface area contributed by atoms with Crippen LogP contribution in [0.15, 0.2) is 0 Å². The molecule has 0 aliphatic rings. The zero-order valence-corrected chi connectivity index (χ0v) is 20.6. The Morgan fingerprint density at radius 1 is 0.690 bits per heavy atom. The van der Waals surface area contributed by atoms with E-state index in [0.29, 0.717) is 25.4 Å². The van der Waals surface area contributed by atoms with Gasteiger partial charge in [0.05, 0.1) is 12.7 Å². The van der Waals surface area contributed by atoms with E-state index in [4.69, 9.17) is 14.2 Å². The van der Waals surface area contributed by atoms with Crippen LogP contribution in [-0.2, 0) is 23.8 Å². The summed E-state index contributed by atoms with van der Waals surface area (Å²) in [6, 6.07) is 0. The molecule has 0 fully saturated rings. The van der Waals surface area contributed by atoms with Crippen LogP contribution in [0.2, 0.25) is 0 Å². The minimum Gasteiger partial charge on any atom is -0.463 e. The van der Waals surface area contributed by atoms with Crippen LogP contribution in [0.1, 0.15) is 94.9 Å². The minimum absolute atomic E-state index is 0.190. The molecule has 0 aromatic rings. The van der Waals surface area contributed by atoms with Crippen molar-refractivity contribution in [3.05, 3.63) is 0 Å². The molecule has 4 atom stereocenters. The van der Waals surface area contributed by atoms with E-state index in [1.165, 1.54) is 0 Å². The second-order valence-corrected chi connectivity index (χ2v) is 11.3. The molecule has 0 aliphatic heterocycles. The molecule has 0 aliphatic carbocycles. The molecule has 0 aromatic heterocycles. The number of carbonyl (C=O) groups excluding carboxylic acids is 2. The van der Waals surface area contributed by atoms with E-state index in [9.17, 15) is 9.59 Å². The standard InChI is InChI=1S/C24H46O5/c1-17(13-23(5,6)7)11-21(25)28-15-19(3)27-16-20(4)29-22(26)12-18(2)14-24(8,9)10/h17-20H,11-16H2,1-10H3. The molecular formula is C24H46O5. The van der Waals surface area contributed by atoms with Crippen LogP contribution in [0.25, 0.3) is 0 Å². The molecule has 0 saturated carbocycles. The number of rotatable bonds is 12. The summed E-state index contributed by atoms with van der Waals surface area (Å²) in [6.45, 7) is 21.4. The first-order chi connectivity index (χ1) is 13.1. The van der Waals surface area contributed by atoms with E-state index < -0.39 is 0 Å². The number of hydrogen-bond donors (Lipinski definition) is 0. The highest BCUT2D eigenvalue weighted by molar-refractivity contribution is 5.70. The Labute approximate surface area is 179 Å². The molecule has 0 saturated heterocycles. The van der Waals surface area contributed by atoms with Gasteiger partial charge in [-0.2, -0.15) is 0 Å². The SMILES string of the molecule is CC(CC(=O)OCC(C)OCC(C)OC(=O)CC(C)CC(C)(C)C)CC(C)(C)C. The highest BCUT2D eigenvalue weighted by Crippen LogP contribution is 2.27. The van der Waals surface area contributed by atoms with Crippen molar-refractivity contribution in [1.29, 1.82) is 0 Å². The molecule has 172 valence electrons. The summed E-state index contributed by atoms with van der Waals surface area (Å²) < 4.78 is 16.4. The maximum absolute atomic E-state index is 12.1. The topological polar surface area (TPSA) is 61.8 Å². The molecule has 0 bridgehead atoms. The van der Waals surface area contributed by atoms with Crippen molar-refractivity contribution in [3.8, 4) is 0 Å². The second kappa shape index (κ2) is 12.6. The molecule has 5 heteroatoms. The molecule has 0 rings (SSSR count). The molecule has 4 unspecified atom stereocenters. The molecule has 0 spiro atoms. The third kappa shape index (κ3) is 17.5. The fourth-order valence-corrected chi connectivity index (χ4v) is 3.73. The van der Waals surface area contributed by atoms with Gasteiger partial charge in [-0.25, -0.2) is 0 Å². The Bertz CT molecular complexity index is 486. The first kappa shape index (κ1) is 27.9. The van der Waals surface area contributed by atoms with Gasteiger partial charge in [0.15, 0.2) is 0 Å². The van der Waals surface area contributed by atoms with Gasteiger partial charge in [-0.1, -0.05) is 55.4 Å². The predicted octanol–water partition coefficient (Wildman–Crippen LogP) is 5.79. The summed E-state index contributed by atoms with van der Waals surface area (Å²) in [4.78, 5) is 24.0. The van der Waals surface area contributed by atoms with Crippen LogP contribution in [0.4, 0.5) is 0 Å². The van der Waals surface area contributed by atoms with Crippen LogP contribution in [-0.4, -0.2) is 37.4 Å². The van der Waals surface area contributed by atoms with E-state index in [-0.39, 0.29) is 47.5 Å². The van der Waals surface area contributed by atoms with Crippen molar-refractivity contribution in [2.45, 2.75) is 107 Å². The maximum Gasteiger partial charge on any atom is 0.306 e. The van der Waals surface area contributed by atoms with Gasteiger partial charge < -0.3 is 14.2 Å². The van der Waals surface area contributed by atoms with Gasteiger partial charge in [-0.05, 0) is 49.4 Å². The largest absolute Gasteiger partial charge is 0.463 e. The van der Waals surface area contributed by atoms with Crippen molar-refractivity contribution < 1.29 is 23.8 Å². The molecule has 0 aromatic carbocycles. The van der Waals surface area contributed by atoms with Crippen LogP contribution < -0.4 is 0 Å². The van der Waals surface area contributed by atoms with Gasteiger partial charge in [0.2, 0.25) is 0 Å². The third-order valence-corrected chi connectivity index (χ3v) is 4.38. The van der Waals surface area contributed by atoms with Gasteiger partial charge in [0.1, 0.15) is 12.7 Å². The van der Waals surface area contributed by atoms with Gasteiger partial charge >= 0.3 is 11.9 Å². The Morgan fingerprint density at radius 2 is 1.14 bits per heavy atom. The summed E-state index contributed by atoms with van der Waals surface area (Å²) in [6.07, 6.45) is 2.23. The van der Waals surface area contributed by atoms with Crippen molar-refractivity contribution in [2.75, 3.05) is 13.2 Å². The Kier molecular flexibility index (Phi) is 12.1. The first-order valence-corrected chi connectivity index (χ1v) is 11.0. The summed E-state index contributed by atoms with van der Waals surface area (Å²) >= 11 is 0. The molecule has 0 amide bonds. The Morgan fingerprint density at radius 3 is 1.59 bits per heavy atom. The molecule has 0 N–H and O–H groups in total. The minimum atomic E-state index is -0.325.